The smallest absolute Gasteiger partial charge is 0.465 e. The lowest BCUT2D eigenvalue weighted by atomic mass is 9.83. The van der Waals surface area contributed by atoms with Crippen molar-refractivity contribution in [3.63, 3.8) is 0 Å². The molecule has 19 heavy (non-hydrogen) atoms. The summed E-state index contributed by atoms with van der Waals surface area (Å²) < 4.78 is 100. The maximum absolute atomic E-state index is 7.81. The van der Waals surface area contributed by atoms with Gasteiger partial charge in [0.15, 0.2) is 0 Å². The van der Waals surface area contributed by atoms with E-state index in [1.54, 1.807) is 27.7 Å². The average molecular weight is 277 g/mol. The van der Waals surface area contributed by atoms with E-state index in [2.05, 4.69) is 4.98 Å². The second kappa shape index (κ2) is 4.53. The Morgan fingerprint density at radius 3 is 2.58 bits per heavy atom. The number of nitrogens with zero attached hydrogens (tertiary/aromatic N) is 2. The minimum atomic E-state index is -3.35. The Morgan fingerprint density at radius 1 is 1.37 bits per heavy atom. The first-order valence-electron chi connectivity index (χ1n) is 11.2. The zero-order valence-corrected chi connectivity index (χ0v) is 11.2. The molecule has 2 heterocycles. The largest absolute Gasteiger partial charge is 0.516 e. The van der Waals surface area contributed by atoms with E-state index >= 15 is 0 Å². The van der Waals surface area contributed by atoms with Crippen LogP contribution in [0, 0.1) is 6.85 Å². The molecule has 0 bridgehead atoms. The normalized spacial score (nSPS) is 32.2. The van der Waals surface area contributed by atoms with Crippen molar-refractivity contribution in [3.05, 3.63) is 5.69 Å². The zero-order chi connectivity index (χ0) is 23.7. The number of hydrogen-bond donors (Lipinski definition) is 0. The van der Waals surface area contributed by atoms with Crippen molar-refractivity contribution in [2.24, 2.45) is 6.98 Å². The monoisotopic (exact) mass is 277 g/mol. The molecule has 0 unspecified atom stereocenters. The van der Waals surface area contributed by atoms with Crippen LogP contribution in [0.5, 0.6) is 6.01 Å². The fourth-order valence-electron chi connectivity index (χ4n) is 1.65. The van der Waals surface area contributed by atoms with Crippen molar-refractivity contribution in [1.82, 2.24) is 9.55 Å². The average Bonchev–Trinajstić information content (AvgIpc) is 2.92. The van der Waals surface area contributed by atoms with Gasteiger partial charge in [0.25, 0.3) is 6.01 Å². The first-order valence-corrected chi connectivity index (χ1v) is 5.69. The zero-order valence-electron chi connectivity index (χ0n) is 22.2. The summed E-state index contributed by atoms with van der Waals surface area (Å²) in [5, 5.41) is 0. The molecule has 0 amide bonds. The third kappa shape index (κ3) is 2.27. The van der Waals surface area contributed by atoms with E-state index in [1.807, 2.05) is 0 Å². The number of rotatable bonds is 3. The standard InChI is InChI=1S/C13H23BN2O3/c1-8-17-11-15-10(9(2)16(11)7)14-18-12(3,4)13(5,6)19-14/h8H2,1-7H3/i1D3,2D3,7D3,8D2. The van der Waals surface area contributed by atoms with Crippen molar-refractivity contribution < 1.29 is 29.1 Å². The Hall–Kier alpha value is -1.01. The molecule has 2 rings (SSSR count). The van der Waals surface area contributed by atoms with Crippen molar-refractivity contribution in [2.75, 3.05) is 6.56 Å². The van der Waals surface area contributed by atoms with E-state index in [0.29, 0.717) is 0 Å². The van der Waals surface area contributed by atoms with Gasteiger partial charge in [0.05, 0.1) is 26.1 Å². The summed E-state index contributed by atoms with van der Waals surface area (Å²) in [4.78, 5) is 3.84. The van der Waals surface area contributed by atoms with Crippen LogP contribution in [-0.2, 0) is 16.3 Å². The van der Waals surface area contributed by atoms with Gasteiger partial charge >= 0.3 is 7.12 Å². The Labute approximate surface area is 130 Å². The van der Waals surface area contributed by atoms with Crippen molar-refractivity contribution in [2.45, 2.75) is 52.6 Å². The highest BCUT2D eigenvalue weighted by molar-refractivity contribution is 6.61. The van der Waals surface area contributed by atoms with Gasteiger partial charge < -0.3 is 18.6 Å². The van der Waals surface area contributed by atoms with Crippen LogP contribution in [0.25, 0.3) is 0 Å². The van der Waals surface area contributed by atoms with E-state index in [0.717, 1.165) is 0 Å². The summed E-state index contributed by atoms with van der Waals surface area (Å²) in [5.74, 6) is 0. The summed E-state index contributed by atoms with van der Waals surface area (Å²) in [5.41, 5.74) is -3.11. The van der Waals surface area contributed by atoms with Crippen LogP contribution in [0.15, 0.2) is 0 Å². The Balaban J connectivity index is 2.74. The second-order valence-electron chi connectivity index (χ2n) is 5.26. The first kappa shape index (κ1) is 5.78. The third-order valence-electron chi connectivity index (χ3n) is 3.49. The van der Waals surface area contributed by atoms with Crippen LogP contribution >= 0.6 is 0 Å². The van der Waals surface area contributed by atoms with E-state index in [1.165, 1.54) is 0 Å². The summed E-state index contributed by atoms with van der Waals surface area (Å²) in [6, 6.07) is -1.04. The molecule has 1 saturated heterocycles. The highest BCUT2D eigenvalue weighted by Gasteiger charge is 2.53. The fraction of sp³-hybridized carbons (Fsp3) is 0.769. The van der Waals surface area contributed by atoms with Gasteiger partial charge in [-0.25, -0.2) is 4.98 Å². The summed E-state index contributed by atoms with van der Waals surface area (Å²) in [6.07, 6.45) is 0. The van der Waals surface area contributed by atoms with E-state index in [4.69, 9.17) is 29.1 Å². The molecule has 0 N–H and O–H groups in total. The van der Waals surface area contributed by atoms with E-state index < -0.39 is 62.9 Å². The van der Waals surface area contributed by atoms with Crippen LogP contribution in [0.1, 0.15) is 55.3 Å². The Bertz CT molecular complexity index is 795. The van der Waals surface area contributed by atoms with Gasteiger partial charge in [-0.2, -0.15) is 0 Å². The molecule has 0 aliphatic carbocycles. The Morgan fingerprint density at radius 2 is 2.05 bits per heavy atom. The molecule has 0 aromatic carbocycles. The van der Waals surface area contributed by atoms with Crippen molar-refractivity contribution in [3.8, 4) is 6.01 Å². The van der Waals surface area contributed by atoms with Crippen LogP contribution in [0.4, 0.5) is 0 Å². The van der Waals surface area contributed by atoms with Crippen LogP contribution in [0.3, 0.4) is 0 Å². The number of hydrogen-bond acceptors (Lipinski definition) is 4. The van der Waals surface area contributed by atoms with Crippen molar-refractivity contribution >= 4 is 12.7 Å². The predicted molar refractivity (Wildman–Crippen MR) is 74.8 cm³/mol. The van der Waals surface area contributed by atoms with Gasteiger partial charge in [-0.05, 0) is 41.4 Å². The van der Waals surface area contributed by atoms with E-state index in [9.17, 15) is 0 Å². The highest BCUT2D eigenvalue weighted by atomic mass is 16.7. The van der Waals surface area contributed by atoms with Gasteiger partial charge in [0.1, 0.15) is 0 Å². The minimum absolute atomic E-state index is 0.184. The second-order valence-corrected chi connectivity index (χ2v) is 5.26. The summed E-state index contributed by atoms with van der Waals surface area (Å²) in [6.45, 7) is -6.13. The van der Waals surface area contributed by atoms with Gasteiger partial charge in [-0.3, -0.25) is 0 Å². The van der Waals surface area contributed by atoms with Gasteiger partial charge in [0.2, 0.25) is 0 Å². The molecule has 0 radical (unpaired) electrons. The first-order chi connectivity index (χ1) is 13.0. The lowest BCUT2D eigenvalue weighted by Crippen LogP contribution is -2.41. The van der Waals surface area contributed by atoms with Gasteiger partial charge in [0, 0.05) is 25.0 Å². The molecular formula is C13H23BN2O3. The molecule has 5 nitrogen and oxygen atoms in total. The van der Waals surface area contributed by atoms with Crippen LogP contribution in [0.2, 0.25) is 0 Å². The lowest BCUT2D eigenvalue weighted by Gasteiger charge is -2.32. The predicted octanol–water partition coefficient (Wildman–Crippen LogP) is 1.43. The quantitative estimate of drug-likeness (QED) is 0.784. The van der Waals surface area contributed by atoms with Gasteiger partial charge in [-0.1, -0.05) is 0 Å². The van der Waals surface area contributed by atoms with Crippen molar-refractivity contribution in [1.29, 1.82) is 0 Å². The molecule has 0 spiro atoms. The fourth-order valence-corrected chi connectivity index (χ4v) is 1.65. The molecule has 1 aromatic heterocycles. The molecule has 1 aromatic rings. The SMILES string of the molecule is [2H]C([2H])([2H])c1c(B2OC(C)(C)C(C)(C)O2)nc(OC([2H])([2H])C([2H])([2H])[2H])n1C([2H])([2H])[2H]. The molecule has 0 atom stereocenters. The minimum Gasteiger partial charge on any atom is -0.465 e. The molecule has 106 valence electrons. The number of ether oxygens (including phenoxy) is 1. The topological polar surface area (TPSA) is 45.5 Å². The van der Waals surface area contributed by atoms with Crippen LogP contribution < -0.4 is 10.3 Å². The maximum Gasteiger partial charge on any atom is 0.516 e. The molecule has 1 aliphatic heterocycles. The molecule has 1 aliphatic rings. The van der Waals surface area contributed by atoms with E-state index in [-0.39, 0.29) is 4.57 Å². The maximum atomic E-state index is 7.81. The van der Waals surface area contributed by atoms with Gasteiger partial charge in [-0.15, -0.1) is 0 Å². The summed E-state index contributed by atoms with van der Waals surface area (Å²) >= 11 is 0. The molecular weight excluding hydrogens is 243 g/mol. The highest BCUT2D eigenvalue weighted by Crippen LogP contribution is 2.36. The number of aromatic nitrogens is 2. The molecule has 6 heteroatoms. The van der Waals surface area contributed by atoms with Crippen LogP contribution in [-0.4, -0.2) is 34.4 Å². The molecule has 1 fully saturated rings. The Kier molecular flexibility index (Phi) is 1.38. The third-order valence-corrected chi connectivity index (χ3v) is 3.49. The number of imidazole rings is 1. The molecule has 0 saturated carbocycles. The lowest BCUT2D eigenvalue weighted by molar-refractivity contribution is 0.00578. The summed E-state index contributed by atoms with van der Waals surface area (Å²) in [7, 11) is -1.41.